The molecule has 0 saturated carbocycles. The van der Waals surface area contributed by atoms with Crippen molar-refractivity contribution in [2.45, 2.75) is 12.5 Å². The number of benzene rings is 1. The first-order valence-electron chi connectivity index (χ1n) is 6.09. The number of nitrogens with two attached hydrogens (primary N) is 1. The second-order valence-corrected chi connectivity index (χ2v) is 4.09. The molecule has 1 unspecified atom stereocenters. The van der Waals surface area contributed by atoms with Crippen LogP contribution in [0.2, 0.25) is 0 Å². The highest BCUT2D eigenvalue weighted by atomic mass is 16.5. The number of rotatable bonds is 7. The number of carbonyl (C=O) groups is 1. The van der Waals surface area contributed by atoms with Gasteiger partial charge in [-0.3, -0.25) is 0 Å². The van der Waals surface area contributed by atoms with E-state index in [1.54, 1.807) is 26.4 Å². The van der Waals surface area contributed by atoms with E-state index in [2.05, 4.69) is 10.6 Å². The van der Waals surface area contributed by atoms with Crippen molar-refractivity contribution in [3.63, 3.8) is 0 Å². The molecule has 0 aliphatic heterocycles. The summed E-state index contributed by atoms with van der Waals surface area (Å²) in [5, 5.41) is 5.45. The summed E-state index contributed by atoms with van der Waals surface area (Å²) in [5.41, 5.74) is 6.38. The van der Waals surface area contributed by atoms with Crippen molar-refractivity contribution >= 4 is 11.7 Å². The third-order valence-electron chi connectivity index (χ3n) is 2.54. The Balaban J connectivity index is 2.35. The molecule has 0 heterocycles. The number of nitrogens with one attached hydrogen (secondary N) is 2. The maximum absolute atomic E-state index is 11.7. The average Bonchev–Trinajstić information content (AvgIpc) is 2.39. The summed E-state index contributed by atoms with van der Waals surface area (Å²) in [5.74, 6) is 0.619. The molecule has 1 aromatic rings. The van der Waals surface area contributed by atoms with Crippen LogP contribution in [0, 0.1) is 0 Å². The number of ether oxygens (including phenoxy) is 2. The van der Waals surface area contributed by atoms with Crippen LogP contribution in [0.4, 0.5) is 10.5 Å². The van der Waals surface area contributed by atoms with Crippen LogP contribution in [0.1, 0.15) is 6.42 Å². The maximum Gasteiger partial charge on any atom is 0.319 e. The molecule has 6 heteroatoms. The minimum absolute atomic E-state index is 0.0726. The standard InChI is InChI=1S/C13H21N3O3/c1-18-9-10(14)7-8-15-13(17)16-11-5-3-4-6-12(11)19-2/h3-6,10H,7-9,14H2,1-2H3,(H2,15,16,17). The van der Waals surface area contributed by atoms with Crippen LogP contribution in [-0.4, -0.2) is 39.4 Å². The Morgan fingerprint density at radius 3 is 2.79 bits per heavy atom. The zero-order chi connectivity index (χ0) is 14.1. The molecular formula is C13H21N3O3. The lowest BCUT2D eigenvalue weighted by Gasteiger charge is -2.13. The highest BCUT2D eigenvalue weighted by Crippen LogP contribution is 2.22. The molecule has 19 heavy (non-hydrogen) atoms. The molecular weight excluding hydrogens is 246 g/mol. The van der Waals surface area contributed by atoms with Gasteiger partial charge >= 0.3 is 6.03 Å². The molecule has 6 nitrogen and oxygen atoms in total. The van der Waals surface area contributed by atoms with E-state index in [-0.39, 0.29) is 12.1 Å². The van der Waals surface area contributed by atoms with Gasteiger partial charge in [-0.1, -0.05) is 12.1 Å². The van der Waals surface area contributed by atoms with E-state index < -0.39 is 0 Å². The van der Waals surface area contributed by atoms with Gasteiger partial charge in [-0.15, -0.1) is 0 Å². The second kappa shape index (κ2) is 8.34. The number of anilines is 1. The third-order valence-corrected chi connectivity index (χ3v) is 2.54. The second-order valence-electron chi connectivity index (χ2n) is 4.09. The monoisotopic (exact) mass is 267 g/mol. The Labute approximate surface area is 113 Å². The van der Waals surface area contributed by atoms with Crippen molar-refractivity contribution in [2.24, 2.45) is 5.73 Å². The Kier molecular flexibility index (Phi) is 6.70. The predicted molar refractivity (Wildman–Crippen MR) is 74.5 cm³/mol. The number of methoxy groups -OCH3 is 2. The quantitative estimate of drug-likeness (QED) is 0.692. The summed E-state index contributed by atoms with van der Waals surface area (Å²) < 4.78 is 10.1. The molecule has 0 radical (unpaired) electrons. The first kappa shape index (κ1) is 15.3. The van der Waals surface area contributed by atoms with Gasteiger partial charge in [0.25, 0.3) is 0 Å². The molecule has 2 amide bonds. The van der Waals surface area contributed by atoms with Crippen LogP contribution < -0.4 is 21.1 Å². The summed E-state index contributed by atoms with van der Waals surface area (Å²) in [6.07, 6.45) is 0.660. The largest absolute Gasteiger partial charge is 0.495 e. The van der Waals surface area contributed by atoms with E-state index in [1.807, 2.05) is 12.1 Å². The van der Waals surface area contributed by atoms with Gasteiger partial charge in [0.2, 0.25) is 0 Å². The summed E-state index contributed by atoms with van der Waals surface area (Å²) in [4.78, 5) is 11.7. The molecule has 106 valence electrons. The van der Waals surface area contributed by atoms with Crippen LogP contribution in [-0.2, 0) is 4.74 Å². The van der Waals surface area contributed by atoms with Crippen LogP contribution in [0.3, 0.4) is 0 Å². The van der Waals surface area contributed by atoms with Gasteiger partial charge in [0, 0.05) is 19.7 Å². The number of amides is 2. The Hall–Kier alpha value is -1.79. The molecule has 0 fully saturated rings. The normalized spacial score (nSPS) is 11.7. The Bertz CT molecular complexity index is 398. The molecule has 0 aromatic heterocycles. The summed E-state index contributed by atoms with van der Waals surface area (Å²) in [6, 6.07) is 6.86. The van der Waals surface area contributed by atoms with E-state index in [1.165, 1.54) is 0 Å². The highest BCUT2D eigenvalue weighted by molar-refractivity contribution is 5.90. The predicted octanol–water partition coefficient (Wildman–Crippen LogP) is 1.18. The molecule has 0 bridgehead atoms. The van der Waals surface area contributed by atoms with Gasteiger partial charge in [-0.2, -0.15) is 0 Å². The van der Waals surface area contributed by atoms with Gasteiger partial charge in [0.05, 0.1) is 19.4 Å². The molecule has 0 aliphatic carbocycles. The number of hydrogen-bond acceptors (Lipinski definition) is 4. The van der Waals surface area contributed by atoms with Crippen LogP contribution >= 0.6 is 0 Å². The van der Waals surface area contributed by atoms with Gasteiger partial charge in [0.1, 0.15) is 5.75 Å². The van der Waals surface area contributed by atoms with Crippen LogP contribution in [0.15, 0.2) is 24.3 Å². The lowest BCUT2D eigenvalue weighted by molar-refractivity contribution is 0.177. The zero-order valence-corrected chi connectivity index (χ0v) is 11.3. The fourth-order valence-electron chi connectivity index (χ4n) is 1.58. The Morgan fingerprint density at radius 1 is 1.37 bits per heavy atom. The summed E-state index contributed by atoms with van der Waals surface area (Å²) in [6.45, 7) is 0.974. The molecule has 1 aromatic carbocycles. The molecule has 4 N–H and O–H groups in total. The zero-order valence-electron chi connectivity index (χ0n) is 11.3. The minimum Gasteiger partial charge on any atom is -0.495 e. The van der Waals surface area contributed by atoms with Crippen molar-refractivity contribution in [3.8, 4) is 5.75 Å². The number of urea groups is 1. The average molecular weight is 267 g/mol. The van der Waals surface area contributed by atoms with Crippen molar-refractivity contribution < 1.29 is 14.3 Å². The minimum atomic E-state index is -0.283. The first-order valence-corrected chi connectivity index (χ1v) is 6.09. The van der Waals surface area contributed by atoms with Crippen molar-refractivity contribution in [1.29, 1.82) is 0 Å². The number of carbonyl (C=O) groups excluding carboxylic acids is 1. The SMILES string of the molecule is COCC(N)CCNC(=O)Nc1ccccc1OC. The third kappa shape index (κ3) is 5.58. The molecule has 0 aliphatic rings. The van der Waals surface area contributed by atoms with Gasteiger partial charge in [-0.05, 0) is 18.6 Å². The van der Waals surface area contributed by atoms with E-state index in [0.717, 1.165) is 0 Å². The van der Waals surface area contributed by atoms with Gasteiger partial charge < -0.3 is 25.8 Å². The van der Waals surface area contributed by atoms with Crippen LogP contribution in [0.25, 0.3) is 0 Å². The van der Waals surface area contributed by atoms with E-state index in [4.69, 9.17) is 15.2 Å². The van der Waals surface area contributed by atoms with Gasteiger partial charge in [-0.25, -0.2) is 4.79 Å². The van der Waals surface area contributed by atoms with Crippen LogP contribution in [0.5, 0.6) is 5.75 Å². The maximum atomic E-state index is 11.7. The number of hydrogen-bond donors (Lipinski definition) is 3. The lowest BCUT2D eigenvalue weighted by atomic mass is 10.2. The van der Waals surface area contributed by atoms with Crippen molar-refractivity contribution in [3.05, 3.63) is 24.3 Å². The van der Waals surface area contributed by atoms with E-state index in [9.17, 15) is 4.79 Å². The van der Waals surface area contributed by atoms with Crippen molar-refractivity contribution in [1.82, 2.24) is 5.32 Å². The Morgan fingerprint density at radius 2 is 2.11 bits per heavy atom. The fraction of sp³-hybridized carbons (Fsp3) is 0.462. The highest BCUT2D eigenvalue weighted by Gasteiger charge is 2.07. The van der Waals surface area contributed by atoms with Crippen molar-refractivity contribution in [2.75, 3.05) is 32.7 Å². The molecule has 0 spiro atoms. The smallest absolute Gasteiger partial charge is 0.319 e. The van der Waals surface area contributed by atoms with E-state index in [0.29, 0.717) is 31.0 Å². The van der Waals surface area contributed by atoms with E-state index >= 15 is 0 Å². The fourth-order valence-corrected chi connectivity index (χ4v) is 1.58. The molecule has 1 rings (SSSR count). The van der Waals surface area contributed by atoms with Gasteiger partial charge in [0.15, 0.2) is 0 Å². The summed E-state index contributed by atoms with van der Waals surface area (Å²) in [7, 11) is 3.16. The topological polar surface area (TPSA) is 85.6 Å². The molecule has 0 saturated heterocycles. The molecule has 1 atom stereocenters. The summed E-state index contributed by atoms with van der Waals surface area (Å²) >= 11 is 0. The number of para-hydroxylation sites is 2. The first-order chi connectivity index (χ1) is 9.17. The lowest BCUT2D eigenvalue weighted by Crippen LogP contribution is -2.35.